The maximum atomic E-state index is 5.50. The van der Waals surface area contributed by atoms with Crippen LogP contribution in [0.2, 0.25) is 0 Å². The van der Waals surface area contributed by atoms with E-state index in [-0.39, 0.29) is 0 Å². The summed E-state index contributed by atoms with van der Waals surface area (Å²) in [7, 11) is 0. The molecule has 11 aromatic rings. The molecule has 6 aromatic carbocycles. The van der Waals surface area contributed by atoms with Crippen LogP contribution in [0.3, 0.4) is 0 Å². The summed E-state index contributed by atoms with van der Waals surface area (Å²) in [5.74, 6) is 0.703. The molecule has 214 valence electrons. The highest BCUT2D eigenvalue weighted by Crippen LogP contribution is 2.44. The number of fused-ring (bicyclic) bond motifs is 12. The summed E-state index contributed by atoms with van der Waals surface area (Å²) in [6.07, 6.45) is 0. The first-order valence-electron chi connectivity index (χ1n) is 15.2. The lowest BCUT2D eigenvalue weighted by molar-refractivity contribution is 1.02. The summed E-state index contributed by atoms with van der Waals surface area (Å²) in [6, 6.07) is 46.2. The topological polar surface area (TPSA) is 30.7 Å². The molecule has 0 saturated carbocycles. The lowest BCUT2D eigenvalue weighted by atomic mass is 10.0. The fraction of sp³-hybridized carbons (Fsp3) is 0. The number of benzene rings is 6. The maximum Gasteiger partial charge on any atom is 0.236 e. The van der Waals surface area contributed by atoms with Crippen molar-refractivity contribution >= 4 is 116 Å². The van der Waals surface area contributed by atoms with E-state index in [9.17, 15) is 0 Å². The van der Waals surface area contributed by atoms with E-state index in [0.717, 1.165) is 32.5 Å². The highest BCUT2D eigenvalue weighted by molar-refractivity contribution is 7.26. The van der Waals surface area contributed by atoms with E-state index in [1.807, 2.05) is 22.7 Å². The number of thiophene rings is 3. The van der Waals surface area contributed by atoms with Crippen LogP contribution < -0.4 is 0 Å². The Morgan fingerprint density at radius 2 is 1.02 bits per heavy atom. The predicted octanol–water partition coefficient (Wildman–Crippen LogP) is 12.3. The van der Waals surface area contributed by atoms with E-state index < -0.39 is 0 Å². The molecule has 0 radical (unpaired) electrons. The molecule has 0 saturated heterocycles. The van der Waals surface area contributed by atoms with Crippen LogP contribution >= 0.6 is 34.0 Å². The molecule has 5 heterocycles. The summed E-state index contributed by atoms with van der Waals surface area (Å²) in [5, 5.41) is 9.89. The van der Waals surface area contributed by atoms with Crippen LogP contribution in [0.4, 0.5) is 0 Å². The van der Waals surface area contributed by atoms with Gasteiger partial charge in [-0.05, 0) is 48.5 Å². The largest absolute Gasteiger partial charge is 0.278 e. The van der Waals surface area contributed by atoms with Crippen LogP contribution in [-0.4, -0.2) is 14.5 Å². The van der Waals surface area contributed by atoms with Gasteiger partial charge in [0.25, 0.3) is 0 Å². The molecule has 5 aromatic heterocycles. The molecule has 0 aliphatic heterocycles. The summed E-state index contributed by atoms with van der Waals surface area (Å²) in [4.78, 5) is 11.9. The normalized spacial score (nSPS) is 12.3. The van der Waals surface area contributed by atoms with Crippen molar-refractivity contribution in [2.75, 3.05) is 0 Å². The first-order chi connectivity index (χ1) is 22.8. The summed E-state index contributed by atoms with van der Waals surface area (Å²) in [6.45, 7) is 0. The fourth-order valence-electron chi connectivity index (χ4n) is 7.20. The first kappa shape index (κ1) is 25.1. The molecule has 0 fully saturated rings. The van der Waals surface area contributed by atoms with Gasteiger partial charge in [0.2, 0.25) is 5.95 Å². The van der Waals surface area contributed by atoms with Crippen molar-refractivity contribution in [3.8, 4) is 17.2 Å². The average molecular weight is 640 g/mol. The summed E-state index contributed by atoms with van der Waals surface area (Å²) >= 11 is 5.45. The average Bonchev–Trinajstić information content (AvgIpc) is 3.85. The second kappa shape index (κ2) is 9.21. The van der Waals surface area contributed by atoms with Gasteiger partial charge in [-0.1, -0.05) is 78.9 Å². The zero-order chi connectivity index (χ0) is 29.9. The molecular weight excluding hydrogens is 619 g/mol. The highest BCUT2D eigenvalue weighted by atomic mass is 32.1. The Morgan fingerprint density at radius 3 is 1.80 bits per heavy atom. The number of hydrogen-bond acceptors (Lipinski definition) is 5. The van der Waals surface area contributed by atoms with Gasteiger partial charge in [-0.25, -0.2) is 9.97 Å². The van der Waals surface area contributed by atoms with Crippen LogP contribution in [0.1, 0.15) is 0 Å². The number of rotatable bonds is 2. The van der Waals surface area contributed by atoms with Gasteiger partial charge < -0.3 is 0 Å². The quantitative estimate of drug-likeness (QED) is 0.188. The van der Waals surface area contributed by atoms with Gasteiger partial charge in [0.05, 0.1) is 16.7 Å². The van der Waals surface area contributed by atoms with Gasteiger partial charge in [-0.3, -0.25) is 4.57 Å². The second-order valence-corrected chi connectivity index (χ2v) is 15.0. The van der Waals surface area contributed by atoms with Gasteiger partial charge in [0.15, 0.2) is 0 Å². The van der Waals surface area contributed by atoms with Gasteiger partial charge in [-0.2, -0.15) is 0 Å². The van der Waals surface area contributed by atoms with Crippen molar-refractivity contribution in [1.82, 2.24) is 14.5 Å². The molecule has 11 rings (SSSR count). The molecular formula is C40H21N3S3. The third-order valence-electron chi connectivity index (χ3n) is 9.25. The SMILES string of the molecule is c1ccc2c(c1)sc1ccc(-c3nc(-n4c5ccccc5c5cc6sc7ccccc7c6cc54)nc4sc5ccccc5c34)cc12. The first-order valence-corrected chi connectivity index (χ1v) is 17.7. The number of nitrogens with zero attached hydrogens (tertiary/aromatic N) is 3. The van der Waals surface area contributed by atoms with Crippen LogP contribution in [0.15, 0.2) is 127 Å². The number of para-hydroxylation sites is 1. The zero-order valence-electron chi connectivity index (χ0n) is 24.2. The Balaban J connectivity index is 1.27. The fourth-order valence-corrected chi connectivity index (χ4v) is 10.5. The highest BCUT2D eigenvalue weighted by Gasteiger charge is 2.21. The van der Waals surface area contributed by atoms with Crippen molar-refractivity contribution < 1.29 is 0 Å². The Kier molecular flexibility index (Phi) is 5.02. The van der Waals surface area contributed by atoms with Crippen LogP contribution in [0.5, 0.6) is 0 Å². The standard InChI is InChI=1S/C40H21N3S3/c1-5-13-30-23(9-1)27-21-36-29(25-11-3-7-15-33(25)45-36)20-31(27)43(30)40-41-38(37-26-12-4-8-16-34(26)46-39(37)42-40)22-17-18-35-28(19-22)24-10-2-6-14-32(24)44-35/h1-21H. The van der Waals surface area contributed by atoms with E-state index >= 15 is 0 Å². The van der Waals surface area contributed by atoms with Crippen LogP contribution in [0, 0.1) is 0 Å². The molecule has 0 aliphatic rings. The smallest absolute Gasteiger partial charge is 0.236 e. The maximum absolute atomic E-state index is 5.50. The van der Waals surface area contributed by atoms with Gasteiger partial charge in [0, 0.05) is 72.2 Å². The monoisotopic (exact) mass is 639 g/mol. The minimum Gasteiger partial charge on any atom is -0.278 e. The van der Waals surface area contributed by atoms with E-state index in [1.165, 1.54) is 61.2 Å². The van der Waals surface area contributed by atoms with E-state index in [4.69, 9.17) is 9.97 Å². The molecule has 0 N–H and O–H groups in total. The van der Waals surface area contributed by atoms with Crippen molar-refractivity contribution in [2.24, 2.45) is 0 Å². The molecule has 0 atom stereocenters. The molecule has 0 aliphatic carbocycles. The molecule has 0 bridgehead atoms. The Bertz CT molecular complexity index is 3050. The van der Waals surface area contributed by atoms with Gasteiger partial charge in [0.1, 0.15) is 4.83 Å². The van der Waals surface area contributed by atoms with Crippen molar-refractivity contribution in [1.29, 1.82) is 0 Å². The molecule has 46 heavy (non-hydrogen) atoms. The van der Waals surface area contributed by atoms with Crippen LogP contribution in [0.25, 0.3) is 99.7 Å². The van der Waals surface area contributed by atoms with E-state index in [1.54, 1.807) is 11.3 Å². The Hall–Kier alpha value is -5.14. The van der Waals surface area contributed by atoms with Gasteiger partial charge >= 0.3 is 0 Å². The molecule has 0 unspecified atom stereocenters. The molecule has 6 heteroatoms. The van der Waals surface area contributed by atoms with Crippen LogP contribution in [-0.2, 0) is 0 Å². The number of aromatic nitrogens is 3. The van der Waals surface area contributed by atoms with Crippen molar-refractivity contribution in [3.05, 3.63) is 127 Å². The predicted molar refractivity (Wildman–Crippen MR) is 200 cm³/mol. The Labute approximate surface area is 274 Å². The minimum atomic E-state index is 0.703. The lowest BCUT2D eigenvalue weighted by Crippen LogP contribution is -2.02. The minimum absolute atomic E-state index is 0.703. The van der Waals surface area contributed by atoms with E-state index in [2.05, 4.69) is 132 Å². The molecule has 0 spiro atoms. The summed E-state index contributed by atoms with van der Waals surface area (Å²) in [5.41, 5.74) is 4.33. The molecule has 3 nitrogen and oxygen atoms in total. The summed E-state index contributed by atoms with van der Waals surface area (Å²) < 4.78 is 8.71. The third kappa shape index (κ3) is 3.41. The zero-order valence-corrected chi connectivity index (χ0v) is 26.6. The van der Waals surface area contributed by atoms with E-state index in [0.29, 0.717) is 5.95 Å². The van der Waals surface area contributed by atoms with Crippen molar-refractivity contribution in [3.63, 3.8) is 0 Å². The Morgan fingerprint density at radius 1 is 0.413 bits per heavy atom. The third-order valence-corrected chi connectivity index (χ3v) is 12.6. The van der Waals surface area contributed by atoms with Crippen molar-refractivity contribution in [2.45, 2.75) is 0 Å². The molecule has 0 amide bonds. The lowest BCUT2D eigenvalue weighted by Gasteiger charge is -2.11. The van der Waals surface area contributed by atoms with Gasteiger partial charge in [-0.15, -0.1) is 34.0 Å². The second-order valence-electron chi connectivity index (χ2n) is 11.8. The number of hydrogen-bond donors (Lipinski definition) is 0.